The number of carbonyl (C=O) groups excluding carboxylic acids is 3. The lowest BCUT2D eigenvalue weighted by Crippen LogP contribution is -2.65. The fourth-order valence-corrected chi connectivity index (χ4v) is 5.41. The smallest absolute Gasteiger partial charge is 0.249 e. The first-order valence-electron chi connectivity index (χ1n) is 11.8. The van der Waals surface area contributed by atoms with Gasteiger partial charge in [-0.25, -0.2) is 0 Å². The van der Waals surface area contributed by atoms with Gasteiger partial charge < -0.3 is 14.4 Å². The van der Waals surface area contributed by atoms with Gasteiger partial charge in [0.2, 0.25) is 17.6 Å². The number of ketones is 1. The van der Waals surface area contributed by atoms with Crippen LogP contribution in [0.15, 0.2) is 59.5 Å². The predicted octanol–water partition coefficient (Wildman–Crippen LogP) is 1.43. The Morgan fingerprint density at radius 3 is 2.53 bits per heavy atom. The molecule has 0 aromatic heterocycles. The third-order valence-electron chi connectivity index (χ3n) is 7.26. The molecule has 1 aliphatic carbocycles. The first-order valence-corrected chi connectivity index (χ1v) is 11.8. The molecule has 1 atom stereocenters. The molecule has 1 N–H and O–H groups in total. The van der Waals surface area contributed by atoms with E-state index in [0.717, 1.165) is 49.6 Å². The Morgan fingerprint density at radius 1 is 1.06 bits per heavy atom. The number of allylic oxidation sites excluding steroid dienone is 2. The highest BCUT2D eigenvalue weighted by molar-refractivity contribution is 6.06. The van der Waals surface area contributed by atoms with Crippen molar-refractivity contribution in [1.29, 1.82) is 0 Å². The van der Waals surface area contributed by atoms with Crippen LogP contribution in [0.4, 0.5) is 0 Å². The molecular weight excluding hydrogens is 434 g/mol. The summed E-state index contributed by atoms with van der Waals surface area (Å²) in [6, 6.07) is 7.92. The normalized spacial score (nSPS) is 25.6. The molecule has 4 heterocycles. The quantitative estimate of drug-likeness (QED) is 0.642. The Balaban J connectivity index is 1.08. The number of nitrogens with zero attached hydrogens (tertiary/aromatic N) is 2. The van der Waals surface area contributed by atoms with Crippen molar-refractivity contribution in [1.82, 2.24) is 15.1 Å². The average Bonchev–Trinajstić information content (AvgIpc) is 3.19. The topological polar surface area (TPSA) is 88.2 Å². The number of fused-ring (bicyclic) bond motifs is 1. The van der Waals surface area contributed by atoms with E-state index in [1.54, 1.807) is 6.08 Å². The fourth-order valence-electron chi connectivity index (χ4n) is 5.41. The number of piperidine rings is 1. The highest BCUT2D eigenvalue weighted by Gasteiger charge is 2.48. The molecule has 3 saturated heterocycles. The number of likely N-dealkylation sites (tertiary alicyclic amines) is 1. The second kappa shape index (κ2) is 8.21. The van der Waals surface area contributed by atoms with Gasteiger partial charge in [-0.15, -0.1) is 0 Å². The van der Waals surface area contributed by atoms with Crippen LogP contribution in [0, 0.1) is 5.41 Å². The second-order valence-electron chi connectivity index (χ2n) is 9.97. The van der Waals surface area contributed by atoms with Gasteiger partial charge in [-0.3, -0.25) is 24.6 Å². The number of imide groups is 1. The summed E-state index contributed by atoms with van der Waals surface area (Å²) in [5, 5.41) is 2.40. The van der Waals surface area contributed by atoms with E-state index in [4.69, 9.17) is 9.47 Å². The van der Waals surface area contributed by atoms with E-state index >= 15 is 0 Å². The van der Waals surface area contributed by atoms with Gasteiger partial charge in [-0.2, -0.15) is 0 Å². The molecule has 0 saturated carbocycles. The van der Waals surface area contributed by atoms with E-state index in [9.17, 15) is 14.4 Å². The first-order chi connectivity index (χ1) is 16.5. The zero-order valence-corrected chi connectivity index (χ0v) is 18.9. The molecule has 1 aromatic carbocycles. The zero-order valence-electron chi connectivity index (χ0n) is 18.9. The van der Waals surface area contributed by atoms with Crippen LogP contribution in [0.5, 0.6) is 0 Å². The molecule has 0 radical (unpaired) electrons. The molecule has 1 aromatic rings. The first kappa shape index (κ1) is 21.3. The maximum Gasteiger partial charge on any atom is 0.249 e. The van der Waals surface area contributed by atoms with Crippen molar-refractivity contribution < 1.29 is 23.9 Å². The molecule has 3 fully saturated rings. The highest BCUT2D eigenvalue weighted by Crippen LogP contribution is 2.38. The fraction of sp³-hybridized carbons (Fsp3) is 0.423. The third kappa shape index (κ3) is 3.86. The van der Waals surface area contributed by atoms with Crippen LogP contribution in [0.3, 0.4) is 0 Å². The van der Waals surface area contributed by atoms with E-state index in [0.29, 0.717) is 37.2 Å². The second-order valence-corrected chi connectivity index (χ2v) is 9.97. The van der Waals surface area contributed by atoms with Gasteiger partial charge in [0.1, 0.15) is 12.6 Å². The SMILES string of the molecule is O=C1CCC(N2C=C3C=CC(=O)C(OCc4ccc(CN5CC6(COC6)C5)cc4)=C3C2)C(=O)N1. The lowest BCUT2D eigenvalue weighted by atomic mass is 9.78. The van der Waals surface area contributed by atoms with Crippen LogP contribution in [0.25, 0.3) is 0 Å². The molecular formula is C26H27N3O5. The summed E-state index contributed by atoms with van der Waals surface area (Å²) >= 11 is 0. The monoisotopic (exact) mass is 461 g/mol. The standard InChI is InChI=1S/C26H27N3O5/c30-22-7-5-19-10-29(21-6-8-23(31)27-25(21)32)11-20(19)24(22)34-12-18-3-1-17(2-4-18)9-28-13-26(14-28)15-33-16-26/h1-5,7,10,21H,6,8-9,11-16H2,(H,27,31,32). The van der Waals surface area contributed by atoms with Crippen LogP contribution in [-0.2, 0) is 37.0 Å². The summed E-state index contributed by atoms with van der Waals surface area (Å²) in [5.41, 5.74) is 4.35. The zero-order chi connectivity index (χ0) is 23.3. The minimum atomic E-state index is -0.418. The summed E-state index contributed by atoms with van der Waals surface area (Å²) < 4.78 is 11.4. The summed E-state index contributed by atoms with van der Waals surface area (Å²) in [6.45, 7) is 5.66. The Bertz CT molecular complexity index is 1140. The number of amides is 2. The van der Waals surface area contributed by atoms with Crippen LogP contribution in [0.2, 0.25) is 0 Å². The molecule has 34 heavy (non-hydrogen) atoms. The maximum absolute atomic E-state index is 12.6. The number of hydrogen-bond acceptors (Lipinski definition) is 7. The molecule has 8 heteroatoms. The molecule has 5 aliphatic rings. The van der Waals surface area contributed by atoms with Crippen molar-refractivity contribution in [3.8, 4) is 0 Å². The van der Waals surface area contributed by atoms with Gasteiger partial charge in [0.15, 0.2) is 5.76 Å². The van der Waals surface area contributed by atoms with Gasteiger partial charge in [-0.1, -0.05) is 24.3 Å². The van der Waals surface area contributed by atoms with Crippen LogP contribution < -0.4 is 5.32 Å². The number of nitrogens with one attached hydrogen (secondary N) is 1. The van der Waals surface area contributed by atoms with Crippen molar-refractivity contribution in [3.63, 3.8) is 0 Å². The number of rotatable bonds is 6. The minimum absolute atomic E-state index is 0.166. The van der Waals surface area contributed by atoms with Gasteiger partial charge in [-0.05, 0) is 35.3 Å². The number of carbonyl (C=O) groups is 3. The molecule has 2 amide bonds. The van der Waals surface area contributed by atoms with E-state index < -0.39 is 6.04 Å². The molecule has 6 rings (SSSR count). The Labute approximate surface area is 197 Å². The highest BCUT2D eigenvalue weighted by atomic mass is 16.5. The van der Waals surface area contributed by atoms with Gasteiger partial charge in [0, 0.05) is 49.8 Å². The lowest BCUT2D eigenvalue weighted by molar-refractivity contribution is -0.191. The van der Waals surface area contributed by atoms with Crippen LogP contribution in [-0.4, -0.2) is 66.3 Å². The lowest BCUT2D eigenvalue weighted by Gasteiger charge is -2.55. The molecule has 4 aliphatic heterocycles. The van der Waals surface area contributed by atoms with E-state index in [2.05, 4.69) is 22.3 Å². The summed E-state index contributed by atoms with van der Waals surface area (Å²) in [6.07, 6.45) is 5.94. The van der Waals surface area contributed by atoms with Crippen molar-refractivity contribution >= 4 is 17.6 Å². The van der Waals surface area contributed by atoms with Crippen molar-refractivity contribution in [3.05, 3.63) is 70.6 Å². The van der Waals surface area contributed by atoms with Gasteiger partial charge in [0.05, 0.1) is 13.2 Å². The van der Waals surface area contributed by atoms with E-state index in [1.807, 2.05) is 23.2 Å². The number of hydrogen-bond donors (Lipinski definition) is 1. The molecule has 176 valence electrons. The Kier molecular flexibility index (Phi) is 5.15. The van der Waals surface area contributed by atoms with Crippen LogP contribution in [0.1, 0.15) is 24.0 Å². The largest absolute Gasteiger partial charge is 0.484 e. The number of ether oxygens (including phenoxy) is 2. The summed E-state index contributed by atoms with van der Waals surface area (Å²) in [4.78, 5) is 40.7. The molecule has 8 nitrogen and oxygen atoms in total. The predicted molar refractivity (Wildman–Crippen MR) is 122 cm³/mol. The maximum atomic E-state index is 12.6. The van der Waals surface area contributed by atoms with E-state index in [1.165, 1.54) is 11.6 Å². The number of benzene rings is 1. The molecule has 1 spiro atoms. The van der Waals surface area contributed by atoms with Gasteiger partial charge >= 0.3 is 0 Å². The summed E-state index contributed by atoms with van der Waals surface area (Å²) in [5.74, 6) is -0.363. The average molecular weight is 462 g/mol. The summed E-state index contributed by atoms with van der Waals surface area (Å²) in [7, 11) is 0. The van der Waals surface area contributed by atoms with E-state index in [-0.39, 0.29) is 17.6 Å². The van der Waals surface area contributed by atoms with Crippen LogP contribution >= 0.6 is 0 Å². The molecule has 0 bridgehead atoms. The third-order valence-corrected chi connectivity index (χ3v) is 7.26. The Morgan fingerprint density at radius 2 is 1.82 bits per heavy atom. The van der Waals surface area contributed by atoms with Crippen molar-refractivity contribution in [2.24, 2.45) is 5.41 Å². The Hall–Kier alpha value is -3.23. The van der Waals surface area contributed by atoms with Gasteiger partial charge in [0.25, 0.3) is 0 Å². The minimum Gasteiger partial charge on any atom is -0.484 e. The van der Waals surface area contributed by atoms with Crippen molar-refractivity contribution in [2.45, 2.75) is 32.0 Å². The molecule has 1 unspecified atom stereocenters. The van der Waals surface area contributed by atoms with Crippen molar-refractivity contribution in [2.75, 3.05) is 32.8 Å².